The van der Waals surface area contributed by atoms with Gasteiger partial charge in [0.25, 0.3) is 17.7 Å². The molecule has 5 rings (SSSR count). The fourth-order valence-electron chi connectivity index (χ4n) is 4.00. The summed E-state index contributed by atoms with van der Waals surface area (Å²) in [6.45, 7) is 6.15. The van der Waals surface area contributed by atoms with Crippen LogP contribution in [0.4, 0.5) is 11.4 Å². The smallest absolute Gasteiger partial charge is 0.266 e. The molecule has 0 bridgehead atoms. The second-order valence-corrected chi connectivity index (χ2v) is 9.10. The van der Waals surface area contributed by atoms with Crippen molar-refractivity contribution in [3.8, 4) is 0 Å². The first-order valence-corrected chi connectivity index (χ1v) is 10.6. The Morgan fingerprint density at radius 2 is 1.70 bits per heavy atom. The van der Waals surface area contributed by atoms with Crippen LogP contribution < -0.4 is 10.2 Å². The molecule has 3 aromatic carbocycles. The molecular weight excluding hydrogens is 416 g/mol. The van der Waals surface area contributed by atoms with Crippen molar-refractivity contribution in [1.82, 2.24) is 10.2 Å². The van der Waals surface area contributed by atoms with Crippen molar-refractivity contribution in [2.24, 2.45) is 0 Å². The minimum absolute atomic E-state index is 0.167. The van der Waals surface area contributed by atoms with Crippen molar-refractivity contribution < 1.29 is 14.4 Å². The Morgan fingerprint density at radius 3 is 2.48 bits per heavy atom. The summed E-state index contributed by atoms with van der Waals surface area (Å²) in [4.78, 5) is 40.7. The maximum atomic E-state index is 13.3. The van der Waals surface area contributed by atoms with E-state index in [0.717, 1.165) is 21.4 Å². The lowest BCUT2D eigenvalue weighted by molar-refractivity contribution is 0.0926. The highest BCUT2D eigenvalue weighted by atomic mass is 16.2. The van der Waals surface area contributed by atoms with E-state index in [4.69, 9.17) is 0 Å². The monoisotopic (exact) mass is 438 g/mol. The number of amides is 3. The van der Waals surface area contributed by atoms with Crippen molar-refractivity contribution in [3.63, 3.8) is 0 Å². The van der Waals surface area contributed by atoms with Gasteiger partial charge < -0.3 is 5.32 Å². The number of nitrogens with zero attached hydrogens (tertiary/aromatic N) is 2. The second-order valence-electron chi connectivity index (χ2n) is 9.10. The molecule has 7 nitrogen and oxygen atoms in total. The van der Waals surface area contributed by atoms with Crippen LogP contribution in [0.2, 0.25) is 0 Å². The number of rotatable bonds is 3. The molecule has 0 unspecified atom stereocenters. The summed E-state index contributed by atoms with van der Waals surface area (Å²) in [5.74, 6) is -1.29. The Hall–Kier alpha value is -4.26. The Labute approximate surface area is 190 Å². The summed E-state index contributed by atoms with van der Waals surface area (Å²) in [7, 11) is 0. The minimum atomic E-state index is -0.436. The molecule has 0 saturated heterocycles. The SMILES string of the molecule is CC(C)(C)c1ccc2c(c1)C(=O)N(c1ccccc1C(=O)Nc1ccc3cn[nH]c3c1)C2=O. The standard InChI is InChI=1S/C26H22N4O3/c1-26(2,3)16-9-11-18-20(12-16)25(33)30(24(18)32)22-7-5-4-6-19(22)23(31)28-17-10-8-15-14-27-29-21(15)13-17/h4-14H,1-3H3,(H,27,29)(H,28,31). The van der Waals surface area contributed by atoms with E-state index >= 15 is 0 Å². The number of fused-ring (bicyclic) bond motifs is 2. The molecule has 4 aromatic rings. The van der Waals surface area contributed by atoms with Crippen molar-refractivity contribution in [2.45, 2.75) is 26.2 Å². The fraction of sp³-hybridized carbons (Fsp3) is 0.154. The van der Waals surface area contributed by atoms with Gasteiger partial charge in [0.05, 0.1) is 34.1 Å². The number of hydrogen-bond acceptors (Lipinski definition) is 4. The lowest BCUT2D eigenvalue weighted by Crippen LogP contribution is -2.31. The van der Waals surface area contributed by atoms with Gasteiger partial charge in [-0.3, -0.25) is 19.5 Å². The summed E-state index contributed by atoms with van der Waals surface area (Å²) in [6, 6.07) is 17.3. The van der Waals surface area contributed by atoms with Gasteiger partial charge in [-0.05, 0) is 53.4 Å². The summed E-state index contributed by atoms with van der Waals surface area (Å²) < 4.78 is 0. The maximum Gasteiger partial charge on any atom is 0.266 e. The van der Waals surface area contributed by atoms with Gasteiger partial charge in [-0.25, -0.2) is 4.90 Å². The van der Waals surface area contributed by atoms with E-state index in [0.29, 0.717) is 16.8 Å². The lowest BCUT2D eigenvalue weighted by Gasteiger charge is -2.19. The molecule has 0 saturated carbocycles. The molecule has 1 aliphatic rings. The summed E-state index contributed by atoms with van der Waals surface area (Å²) in [5.41, 5.74) is 3.33. The van der Waals surface area contributed by atoms with E-state index in [2.05, 4.69) is 15.5 Å². The van der Waals surface area contributed by atoms with E-state index in [1.807, 2.05) is 32.9 Å². The predicted octanol–water partition coefficient (Wildman–Crippen LogP) is 4.91. The van der Waals surface area contributed by atoms with E-state index in [9.17, 15) is 14.4 Å². The minimum Gasteiger partial charge on any atom is -0.322 e. The van der Waals surface area contributed by atoms with Gasteiger partial charge in [0.15, 0.2) is 0 Å². The zero-order valence-electron chi connectivity index (χ0n) is 18.5. The number of H-pyrrole nitrogens is 1. The topological polar surface area (TPSA) is 95.2 Å². The number of aromatic amines is 1. The van der Waals surface area contributed by atoms with Crippen LogP contribution in [-0.2, 0) is 5.41 Å². The average molecular weight is 438 g/mol. The second kappa shape index (κ2) is 7.41. The number of benzene rings is 3. The Morgan fingerprint density at radius 1 is 0.939 bits per heavy atom. The van der Waals surface area contributed by atoms with Crippen LogP contribution in [0.1, 0.15) is 57.4 Å². The number of aromatic nitrogens is 2. The third-order valence-corrected chi connectivity index (χ3v) is 5.84. The van der Waals surface area contributed by atoms with Crippen molar-refractivity contribution in [3.05, 3.63) is 89.1 Å². The Balaban J connectivity index is 1.49. The maximum absolute atomic E-state index is 13.3. The average Bonchev–Trinajstić information content (AvgIpc) is 3.35. The van der Waals surface area contributed by atoms with Crippen molar-refractivity contribution >= 4 is 40.0 Å². The summed E-state index contributed by atoms with van der Waals surface area (Å²) >= 11 is 0. The van der Waals surface area contributed by atoms with E-state index in [1.165, 1.54) is 0 Å². The quantitative estimate of drug-likeness (QED) is 0.444. The number of para-hydroxylation sites is 1. The zero-order valence-corrected chi connectivity index (χ0v) is 18.5. The molecule has 3 amide bonds. The zero-order chi connectivity index (χ0) is 23.3. The van der Waals surface area contributed by atoms with Crippen LogP contribution in [-0.4, -0.2) is 27.9 Å². The molecular formula is C26H22N4O3. The molecule has 0 fully saturated rings. The van der Waals surface area contributed by atoms with Gasteiger partial charge in [0.1, 0.15) is 0 Å². The van der Waals surface area contributed by atoms with Crippen LogP contribution in [0.25, 0.3) is 10.9 Å². The third kappa shape index (κ3) is 3.47. The van der Waals surface area contributed by atoms with Gasteiger partial charge >= 0.3 is 0 Å². The number of imide groups is 1. The van der Waals surface area contributed by atoms with Gasteiger partial charge in [-0.1, -0.05) is 39.0 Å². The Kier molecular flexibility index (Phi) is 4.63. The Bertz CT molecular complexity index is 1450. The van der Waals surface area contributed by atoms with E-state index < -0.39 is 17.7 Å². The first kappa shape index (κ1) is 20.6. The fourth-order valence-corrected chi connectivity index (χ4v) is 4.00. The van der Waals surface area contributed by atoms with Crippen LogP contribution in [0.3, 0.4) is 0 Å². The summed E-state index contributed by atoms with van der Waals surface area (Å²) in [6.07, 6.45) is 1.70. The molecule has 164 valence electrons. The van der Waals surface area contributed by atoms with Crippen molar-refractivity contribution in [2.75, 3.05) is 10.2 Å². The third-order valence-electron chi connectivity index (χ3n) is 5.84. The van der Waals surface area contributed by atoms with Gasteiger partial charge in [0, 0.05) is 11.1 Å². The van der Waals surface area contributed by atoms with E-state index in [1.54, 1.807) is 54.7 Å². The molecule has 0 atom stereocenters. The highest BCUT2D eigenvalue weighted by molar-refractivity contribution is 6.35. The first-order valence-electron chi connectivity index (χ1n) is 10.6. The van der Waals surface area contributed by atoms with Crippen LogP contribution in [0.15, 0.2) is 66.9 Å². The van der Waals surface area contributed by atoms with Crippen LogP contribution in [0, 0.1) is 0 Å². The normalized spacial score (nSPS) is 13.5. The van der Waals surface area contributed by atoms with Crippen LogP contribution in [0.5, 0.6) is 0 Å². The summed E-state index contributed by atoms with van der Waals surface area (Å²) in [5, 5.41) is 10.6. The van der Waals surface area contributed by atoms with Crippen LogP contribution >= 0.6 is 0 Å². The first-order chi connectivity index (χ1) is 15.7. The number of carbonyl (C=O) groups excluding carboxylic acids is 3. The number of carbonyl (C=O) groups is 3. The lowest BCUT2D eigenvalue weighted by atomic mass is 9.85. The van der Waals surface area contributed by atoms with Gasteiger partial charge in [0.2, 0.25) is 0 Å². The molecule has 1 aliphatic heterocycles. The highest BCUT2D eigenvalue weighted by Crippen LogP contribution is 2.34. The molecule has 1 aromatic heterocycles. The molecule has 0 radical (unpaired) electrons. The van der Waals surface area contributed by atoms with Gasteiger partial charge in [-0.2, -0.15) is 5.10 Å². The van der Waals surface area contributed by atoms with E-state index in [-0.39, 0.29) is 16.7 Å². The highest BCUT2D eigenvalue weighted by Gasteiger charge is 2.39. The molecule has 0 spiro atoms. The molecule has 33 heavy (non-hydrogen) atoms. The number of nitrogens with one attached hydrogen (secondary N) is 2. The molecule has 7 heteroatoms. The van der Waals surface area contributed by atoms with Crippen molar-refractivity contribution in [1.29, 1.82) is 0 Å². The number of anilines is 2. The predicted molar refractivity (Wildman–Crippen MR) is 127 cm³/mol. The molecule has 0 aliphatic carbocycles. The molecule has 2 heterocycles. The van der Waals surface area contributed by atoms with Gasteiger partial charge in [-0.15, -0.1) is 0 Å². The number of hydrogen-bond donors (Lipinski definition) is 2. The largest absolute Gasteiger partial charge is 0.322 e. The molecule has 2 N–H and O–H groups in total.